The van der Waals surface area contributed by atoms with Crippen LogP contribution in [0.2, 0.25) is 0 Å². The molecule has 0 fully saturated rings. The molecule has 0 aliphatic heterocycles. The van der Waals surface area contributed by atoms with Gasteiger partial charge in [0, 0.05) is 0 Å². The lowest BCUT2D eigenvalue weighted by atomic mass is 10.1. The van der Waals surface area contributed by atoms with E-state index in [0.29, 0.717) is 0 Å². The van der Waals surface area contributed by atoms with Crippen molar-refractivity contribution in [3.8, 4) is 23.7 Å². The second-order valence-corrected chi connectivity index (χ2v) is 4.15. The largest absolute Gasteiger partial charge is 0.107 e. The van der Waals surface area contributed by atoms with Gasteiger partial charge in [-0.3, -0.25) is 0 Å². The van der Waals surface area contributed by atoms with Gasteiger partial charge < -0.3 is 0 Å². The lowest BCUT2D eigenvalue weighted by Crippen LogP contribution is -1.85. The predicted molar refractivity (Wildman–Crippen MR) is 117 cm³/mol. The molecule has 25 heavy (non-hydrogen) atoms. The van der Waals surface area contributed by atoms with Gasteiger partial charge in [0.15, 0.2) is 0 Å². The Hall–Kier alpha value is -2.44. The minimum Gasteiger partial charge on any atom is -0.107 e. The summed E-state index contributed by atoms with van der Waals surface area (Å²) in [6.07, 6.45) is 1.03. The average Bonchev–Trinajstić information content (AvgIpc) is 2.73. The molecule has 0 nitrogen and oxygen atoms in total. The van der Waals surface area contributed by atoms with Gasteiger partial charge in [0.05, 0.1) is 0 Å². The van der Waals surface area contributed by atoms with Crippen molar-refractivity contribution in [2.45, 2.75) is 61.8 Å². The first-order chi connectivity index (χ1) is 12.3. The van der Waals surface area contributed by atoms with E-state index in [1.165, 1.54) is 11.1 Å². The number of benzene rings is 2. The van der Waals surface area contributed by atoms with Crippen LogP contribution in [-0.4, -0.2) is 0 Å². The van der Waals surface area contributed by atoms with E-state index in [9.17, 15) is 0 Å². The number of hydrogen-bond donors (Lipinski definition) is 0. The van der Waals surface area contributed by atoms with Crippen LogP contribution >= 0.6 is 0 Å². The molecule has 0 N–H and O–H groups in total. The molecular formula is C25H36. The molecule has 0 saturated heterocycles. The van der Waals surface area contributed by atoms with E-state index in [1.54, 1.807) is 0 Å². The molecular weight excluding hydrogens is 300 g/mol. The standard InChI is InChI=1S/C13H12.2C4H6.2C2H6/c1-3-7-12(8-4-1)11-13-9-5-2-6-10-13;2*1-3-4-2;2*1-2/h1-10H,11H2;2*1-2H3;2*1-2H3. The van der Waals surface area contributed by atoms with Crippen molar-refractivity contribution in [3.63, 3.8) is 0 Å². The fourth-order valence-corrected chi connectivity index (χ4v) is 1.43. The molecule has 0 heterocycles. The summed E-state index contributed by atoms with van der Waals surface area (Å²) < 4.78 is 0. The van der Waals surface area contributed by atoms with Crippen molar-refractivity contribution in [3.05, 3.63) is 71.8 Å². The van der Waals surface area contributed by atoms with Gasteiger partial charge in [-0.15, -0.1) is 23.7 Å². The van der Waals surface area contributed by atoms with E-state index in [0.717, 1.165) is 6.42 Å². The number of hydrogen-bond acceptors (Lipinski definition) is 0. The third kappa shape index (κ3) is 21.6. The molecule has 0 unspecified atom stereocenters. The minimum atomic E-state index is 1.03. The molecule has 0 bridgehead atoms. The van der Waals surface area contributed by atoms with Crippen LogP contribution in [0.15, 0.2) is 60.7 Å². The molecule has 0 aromatic heterocycles. The van der Waals surface area contributed by atoms with Crippen LogP contribution in [0.5, 0.6) is 0 Å². The summed E-state index contributed by atoms with van der Waals surface area (Å²) in [5.74, 6) is 10.7. The zero-order valence-corrected chi connectivity index (χ0v) is 17.5. The van der Waals surface area contributed by atoms with Gasteiger partial charge in [0.2, 0.25) is 0 Å². The van der Waals surface area contributed by atoms with Crippen LogP contribution in [0.1, 0.15) is 66.5 Å². The third-order valence-corrected chi connectivity index (χ3v) is 2.59. The lowest BCUT2D eigenvalue weighted by Gasteiger charge is -2.00. The Morgan fingerprint density at radius 3 is 0.920 bits per heavy atom. The van der Waals surface area contributed by atoms with Gasteiger partial charge in [0.25, 0.3) is 0 Å². The maximum Gasteiger partial charge on any atom is -0.00258 e. The summed E-state index contributed by atoms with van der Waals surface area (Å²) in [5, 5.41) is 0. The second kappa shape index (κ2) is 26.5. The maximum atomic E-state index is 2.68. The first-order valence-corrected chi connectivity index (χ1v) is 9.03. The highest BCUT2D eigenvalue weighted by Crippen LogP contribution is 2.07. The lowest BCUT2D eigenvalue weighted by molar-refractivity contribution is 1.19. The highest BCUT2D eigenvalue weighted by atomic mass is 14.0. The van der Waals surface area contributed by atoms with E-state index >= 15 is 0 Å². The summed E-state index contributed by atoms with van der Waals surface area (Å²) in [7, 11) is 0. The molecule has 0 saturated carbocycles. The van der Waals surface area contributed by atoms with Gasteiger partial charge in [-0.25, -0.2) is 0 Å². The van der Waals surface area contributed by atoms with E-state index in [1.807, 2.05) is 55.4 Å². The molecule has 0 aliphatic rings. The van der Waals surface area contributed by atoms with Crippen molar-refractivity contribution < 1.29 is 0 Å². The summed E-state index contributed by atoms with van der Waals surface area (Å²) >= 11 is 0. The van der Waals surface area contributed by atoms with Crippen LogP contribution < -0.4 is 0 Å². The topological polar surface area (TPSA) is 0 Å². The van der Waals surface area contributed by atoms with Gasteiger partial charge in [-0.2, -0.15) is 0 Å². The molecule has 0 spiro atoms. The van der Waals surface area contributed by atoms with Crippen LogP contribution in [-0.2, 0) is 6.42 Å². The summed E-state index contributed by atoms with van der Waals surface area (Å²) in [6, 6.07) is 21.1. The van der Waals surface area contributed by atoms with Crippen molar-refractivity contribution in [2.75, 3.05) is 0 Å². The summed E-state index contributed by atoms with van der Waals surface area (Å²) in [6.45, 7) is 15.3. The van der Waals surface area contributed by atoms with Gasteiger partial charge in [0.1, 0.15) is 0 Å². The summed E-state index contributed by atoms with van der Waals surface area (Å²) in [4.78, 5) is 0. The van der Waals surface area contributed by atoms with Crippen molar-refractivity contribution >= 4 is 0 Å². The predicted octanol–water partition coefficient (Wildman–Crippen LogP) is 7.39. The molecule has 2 aromatic rings. The van der Waals surface area contributed by atoms with Crippen molar-refractivity contribution in [2.24, 2.45) is 0 Å². The Balaban J connectivity index is -0.000000339. The van der Waals surface area contributed by atoms with Crippen molar-refractivity contribution in [1.29, 1.82) is 0 Å². The molecule has 0 atom stereocenters. The van der Waals surface area contributed by atoms with Crippen molar-refractivity contribution in [1.82, 2.24) is 0 Å². The fourth-order valence-electron chi connectivity index (χ4n) is 1.43. The van der Waals surface area contributed by atoms with Gasteiger partial charge >= 0.3 is 0 Å². The van der Waals surface area contributed by atoms with E-state index in [4.69, 9.17) is 0 Å². The Kier molecular flexibility index (Phi) is 29.0. The SMILES string of the molecule is CC.CC.CC#CC.CC#CC.c1ccc(Cc2ccccc2)cc1. The molecule has 2 rings (SSSR count). The Morgan fingerprint density at radius 1 is 0.480 bits per heavy atom. The molecule has 136 valence electrons. The van der Waals surface area contributed by atoms with Crippen LogP contribution in [0.25, 0.3) is 0 Å². The van der Waals surface area contributed by atoms with Crippen LogP contribution in [0.3, 0.4) is 0 Å². The molecule has 0 aliphatic carbocycles. The van der Waals surface area contributed by atoms with E-state index in [-0.39, 0.29) is 0 Å². The van der Waals surface area contributed by atoms with E-state index < -0.39 is 0 Å². The molecule has 0 amide bonds. The number of rotatable bonds is 2. The Labute approximate surface area is 157 Å². The molecule has 0 radical (unpaired) electrons. The smallest absolute Gasteiger partial charge is 0.00258 e. The van der Waals surface area contributed by atoms with Crippen LogP contribution in [0, 0.1) is 23.7 Å². The quantitative estimate of drug-likeness (QED) is 0.501. The fraction of sp³-hybridized carbons (Fsp3) is 0.360. The average molecular weight is 337 g/mol. The molecule has 2 aromatic carbocycles. The summed E-state index contributed by atoms with van der Waals surface area (Å²) in [5.41, 5.74) is 2.74. The zero-order chi connectivity index (χ0) is 19.8. The minimum absolute atomic E-state index is 1.03. The maximum absolute atomic E-state index is 2.68. The van der Waals surface area contributed by atoms with Gasteiger partial charge in [-0.1, -0.05) is 88.4 Å². The highest BCUT2D eigenvalue weighted by Gasteiger charge is 1.92. The monoisotopic (exact) mass is 336 g/mol. The third-order valence-electron chi connectivity index (χ3n) is 2.59. The highest BCUT2D eigenvalue weighted by molar-refractivity contribution is 5.25. The molecule has 0 heteroatoms. The Bertz CT molecular complexity index is 504. The van der Waals surface area contributed by atoms with E-state index in [2.05, 4.69) is 84.3 Å². The zero-order valence-electron chi connectivity index (χ0n) is 17.5. The van der Waals surface area contributed by atoms with Crippen LogP contribution in [0.4, 0.5) is 0 Å². The van der Waals surface area contributed by atoms with Gasteiger partial charge in [-0.05, 0) is 45.2 Å². The Morgan fingerprint density at radius 2 is 0.720 bits per heavy atom. The second-order valence-electron chi connectivity index (χ2n) is 4.15. The first kappa shape index (κ1) is 27.4. The first-order valence-electron chi connectivity index (χ1n) is 9.03. The normalized spacial score (nSPS) is 6.72.